The van der Waals surface area contributed by atoms with E-state index in [1.807, 2.05) is 13.8 Å². The van der Waals surface area contributed by atoms with Crippen molar-refractivity contribution in [3.63, 3.8) is 0 Å². The molecular formula is C16H25N7O. The number of amides is 1. The van der Waals surface area contributed by atoms with Gasteiger partial charge in [0.1, 0.15) is 0 Å². The van der Waals surface area contributed by atoms with Crippen molar-refractivity contribution in [1.29, 1.82) is 0 Å². The Morgan fingerprint density at radius 3 is 3.04 bits per heavy atom. The van der Waals surface area contributed by atoms with Crippen LogP contribution in [-0.2, 0) is 13.0 Å². The van der Waals surface area contributed by atoms with Gasteiger partial charge in [-0.2, -0.15) is 5.10 Å². The molecule has 0 spiro atoms. The minimum Gasteiger partial charge on any atom is -0.350 e. The lowest BCUT2D eigenvalue weighted by Crippen LogP contribution is -2.32. The first-order valence-electron chi connectivity index (χ1n) is 8.53. The lowest BCUT2D eigenvalue weighted by Gasteiger charge is -2.22. The zero-order valence-corrected chi connectivity index (χ0v) is 14.3. The molecule has 3 heterocycles. The normalized spacial score (nSPS) is 17.8. The van der Waals surface area contributed by atoms with Crippen molar-refractivity contribution in [3.8, 4) is 0 Å². The molecule has 1 amide bonds. The molecule has 1 atom stereocenters. The van der Waals surface area contributed by atoms with Gasteiger partial charge >= 0.3 is 0 Å². The van der Waals surface area contributed by atoms with Gasteiger partial charge in [0.15, 0.2) is 5.69 Å². The molecule has 1 aliphatic heterocycles. The number of aryl methyl sites for hydroxylation is 2. The van der Waals surface area contributed by atoms with Crippen LogP contribution < -0.4 is 10.6 Å². The number of rotatable bonds is 6. The molecular weight excluding hydrogens is 306 g/mol. The van der Waals surface area contributed by atoms with Gasteiger partial charge in [0.05, 0.1) is 11.9 Å². The predicted molar refractivity (Wildman–Crippen MR) is 89.7 cm³/mol. The molecule has 3 rings (SSSR count). The number of nitrogens with zero attached hydrogens (tertiary/aromatic N) is 4. The highest BCUT2D eigenvalue weighted by Gasteiger charge is 2.16. The molecule has 0 saturated carbocycles. The molecule has 0 aliphatic carbocycles. The summed E-state index contributed by atoms with van der Waals surface area (Å²) >= 11 is 0. The standard InChI is InChI=1S/C16H25N7O/c1-11-14(12(2)20-19-11)5-7-18-16(24)15-10-23(22-21-15)9-13-4-3-6-17-8-13/h10,13,17H,3-9H2,1-2H3,(H,18,24)(H,19,20)/t13-/m0/s1. The summed E-state index contributed by atoms with van der Waals surface area (Å²) < 4.78 is 1.77. The topological polar surface area (TPSA) is 101 Å². The largest absolute Gasteiger partial charge is 0.350 e. The van der Waals surface area contributed by atoms with Crippen LogP contribution in [0.1, 0.15) is 40.3 Å². The molecule has 1 saturated heterocycles. The monoisotopic (exact) mass is 331 g/mol. The van der Waals surface area contributed by atoms with Gasteiger partial charge in [0.25, 0.3) is 5.91 Å². The van der Waals surface area contributed by atoms with Crippen LogP contribution in [0.25, 0.3) is 0 Å². The highest BCUT2D eigenvalue weighted by Crippen LogP contribution is 2.12. The van der Waals surface area contributed by atoms with E-state index in [1.165, 1.54) is 12.8 Å². The minimum atomic E-state index is -0.179. The molecule has 1 fully saturated rings. The van der Waals surface area contributed by atoms with Crippen LogP contribution in [0.15, 0.2) is 6.20 Å². The number of nitrogens with one attached hydrogen (secondary N) is 3. The fourth-order valence-corrected chi connectivity index (χ4v) is 3.17. The fourth-order valence-electron chi connectivity index (χ4n) is 3.17. The zero-order valence-electron chi connectivity index (χ0n) is 14.3. The summed E-state index contributed by atoms with van der Waals surface area (Å²) in [7, 11) is 0. The van der Waals surface area contributed by atoms with Gasteiger partial charge in [0, 0.05) is 18.8 Å². The smallest absolute Gasteiger partial charge is 0.273 e. The second kappa shape index (κ2) is 7.57. The van der Waals surface area contributed by atoms with Crippen LogP contribution in [0, 0.1) is 19.8 Å². The number of hydrogen-bond acceptors (Lipinski definition) is 5. The van der Waals surface area contributed by atoms with Gasteiger partial charge in [-0.05, 0) is 57.7 Å². The number of aromatic amines is 1. The second-order valence-corrected chi connectivity index (χ2v) is 6.46. The van der Waals surface area contributed by atoms with Gasteiger partial charge < -0.3 is 10.6 Å². The van der Waals surface area contributed by atoms with E-state index < -0.39 is 0 Å². The van der Waals surface area contributed by atoms with E-state index in [2.05, 4.69) is 31.1 Å². The van der Waals surface area contributed by atoms with E-state index in [4.69, 9.17) is 0 Å². The van der Waals surface area contributed by atoms with E-state index in [0.29, 0.717) is 18.2 Å². The number of aromatic nitrogens is 5. The Morgan fingerprint density at radius 2 is 2.33 bits per heavy atom. The Morgan fingerprint density at radius 1 is 1.46 bits per heavy atom. The van der Waals surface area contributed by atoms with Crippen LogP contribution in [-0.4, -0.2) is 50.7 Å². The van der Waals surface area contributed by atoms with Gasteiger partial charge in [0.2, 0.25) is 0 Å². The molecule has 1 aliphatic rings. The summed E-state index contributed by atoms with van der Waals surface area (Å²) in [5.41, 5.74) is 3.56. The maximum Gasteiger partial charge on any atom is 0.273 e. The first-order chi connectivity index (χ1) is 11.6. The number of carbonyl (C=O) groups is 1. The average Bonchev–Trinajstić information content (AvgIpc) is 3.17. The van der Waals surface area contributed by atoms with Gasteiger partial charge in [-0.25, -0.2) is 0 Å². The molecule has 2 aromatic rings. The lowest BCUT2D eigenvalue weighted by atomic mass is 10.00. The third-order valence-corrected chi connectivity index (χ3v) is 4.56. The third kappa shape index (κ3) is 4.00. The summed E-state index contributed by atoms with van der Waals surface area (Å²) in [6, 6.07) is 0. The van der Waals surface area contributed by atoms with E-state index in [0.717, 1.165) is 43.0 Å². The SMILES string of the molecule is Cc1n[nH]c(C)c1CCNC(=O)c1cn(C[C@H]2CCCNC2)nn1. The van der Waals surface area contributed by atoms with E-state index in [9.17, 15) is 4.79 Å². The average molecular weight is 331 g/mol. The molecule has 0 aromatic carbocycles. The molecule has 2 aromatic heterocycles. The van der Waals surface area contributed by atoms with Crippen molar-refractivity contribution in [2.24, 2.45) is 5.92 Å². The van der Waals surface area contributed by atoms with Crippen LogP contribution in [0.4, 0.5) is 0 Å². The van der Waals surface area contributed by atoms with Gasteiger partial charge in [-0.3, -0.25) is 14.6 Å². The predicted octanol–water partition coefficient (Wildman–Crippen LogP) is 0.590. The van der Waals surface area contributed by atoms with E-state index in [-0.39, 0.29) is 5.91 Å². The molecule has 0 bridgehead atoms. The molecule has 24 heavy (non-hydrogen) atoms. The van der Waals surface area contributed by atoms with E-state index in [1.54, 1.807) is 10.9 Å². The molecule has 8 heteroatoms. The van der Waals surface area contributed by atoms with Crippen molar-refractivity contribution in [2.75, 3.05) is 19.6 Å². The van der Waals surface area contributed by atoms with E-state index >= 15 is 0 Å². The van der Waals surface area contributed by atoms with Crippen LogP contribution in [0.3, 0.4) is 0 Å². The molecule has 130 valence electrons. The van der Waals surface area contributed by atoms with Crippen molar-refractivity contribution in [3.05, 3.63) is 28.8 Å². The first kappa shape index (κ1) is 16.6. The molecule has 8 nitrogen and oxygen atoms in total. The summed E-state index contributed by atoms with van der Waals surface area (Å²) in [5, 5.41) is 21.5. The maximum atomic E-state index is 12.2. The molecule has 0 radical (unpaired) electrons. The van der Waals surface area contributed by atoms with Crippen molar-refractivity contribution in [2.45, 2.75) is 39.7 Å². The molecule has 0 unspecified atom stereocenters. The van der Waals surface area contributed by atoms with Crippen molar-refractivity contribution >= 4 is 5.91 Å². The Hall–Kier alpha value is -2.22. The Labute approximate surface area is 141 Å². The summed E-state index contributed by atoms with van der Waals surface area (Å²) in [6.07, 6.45) is 4.87. The maximum absolute atomic E-state index is 12.2. The fraction of sp³-hybridized carbons (Fsp3) is 0.625. The van der Waals surface area contributed by atoms with Crippen LogP contribution in [0.5, 0.6) is 0 Å². The van der Waals surface area contributed by atoms with Crippen molar-refractivity contribution in [1.82, 2.24) is 35.8 Å². The Kier molecular flexibility index (Phi) is 5.24. The molecule has 3 N–H and O–H groups in total. The Bertz CT molecular complexity index is 665. The second-order valence-electron chi connectivity index (χ2n) is 6.46. The summed E-state index contributed by atoms with van der Waals surface area (Å²) in [6.45, 7) is 7.41. The number of hydrogen-bond donors (Lipinski definition) is 3. The summed E-state index contributed by atoms with van der Waals surface area (Å²) in [5.74, 6) is 0.380. The number of piperidine rings is 1. The van der Waals surface area contributed by atoms with Crippen LogP contribution in [0.2, 0.25) is 0 Å². The first-order valence-corrected chi connectivity index (χ1v) is 8.53. The quantitative estimate of drug-likeness (QED) is 0.719. The van der Waals surface area contributed by atoms with Gasteiger partial charge in [-0.15, -0.1) is 5.10 Å². The third-order valence-electron chi connectivity index (χ3n) is 4.56. The van der Waals surface area contributed by atoms with Crippen molar-refractivity contribution < 1.29 is 4.79 Å². The van der Waals surface area contributed by atoms with Crippen LogP contribution >= 0.6 is 0 Å². The zero-order chi connectivity index (χ0) is 16.9. The summed E-state index contributed by atoms with van der Waals surface area (Å²) in [4.78, 5) is 12.2. The highest BCUT2D eigenvalue weighted by atomic mass is 16.2. The number of carbonyl (C=O) groups excluding carboxylic acids is 1. The lowest BCUT2D eigenvalue weighted by molar-refractivity contribution is 0.0949. The van der Waals surface area contributed by atoms with Gasteiger partial charge in [-0.1, -0.05) is 5.21 Å². The number of H-pyrrole nitrogens is 1. The minimum absolute atomic E-state index is 0.179. The highest BCUT2D eigenvalue weighted by molar-refractivity contribution is 5.91. The Balaban J connectivity index is 1.48.